The van der Waals surface area contributed by atoms with Crippen LogP contribution >= 0.6 is 85.3 Å². The van der Waals surface area contributed by atoms with E-state index in [1.165, 1.54) is 20.6 Å². The monoisotopic (exact) mass is 948 g/mol. The summed E-state index contributed by atoms with van der Waals surface area (Å²) >= 11 is 41.0. The zero-order valence-electron chi connectivity index (χ0n) is 31.9. The number of hydrogen-bond donors (Lipinski definition) is 0. The van der Waals surface area contributed by atoms with Gasteiger partial charge in [-0.15, -0.1) is 0 Å². The summed E-state index contributed by atoms with van der Waals surface area (Å²) in [7, 11) is 0. The van der Waals surface area contributed by atoms with Gasteiger partial charge in [-0.2, -0.15) is 0 Å². The van der Waals surface area contributed by atoms with E-state index in [2.05, 4.69) is 55.1 Å². The van der Waals surface area contributed by atoms with Gasteiger partial charge in [-0.1, -0.05) is 0 Å². The first-order valence-corrected chi connectivity index (χ1v) is 29.4. The summed E-state index contributed by atoms with van der Waals surface area (Å²) in [6.07, 6.45) is 0. The molecule has 0 unspecified atom stereocenters. The standard InChI is InChI=1S/3C12H10Cl2P.C10H15.Ti/c3*13-15(14,11-7-3-1-4-8-11)12-9-5-2-6-10-12;1-7-6-10(4,5)9(3)8(7)2;/h3*1-10H;1-5H3;/q3*-1;;+3. The van der Waals surface area contributed by atoms with Crippen molar-refractivity contribution >= 4 is 117 Å². The van der Waals surface area contributed by atoms with Crippen molar-refractivity contribution in [1.82, 2.24) is 0 Å². The molecule has 0 aliphatic heterocycles. The van der Waals surface area contributed by atoms with Gasteiger partial charge in [0.05, 0.1) is 0 Å². The van der Waals surface area contributed by atoms with Gasteiger partial charge in [0.15, 0.2) is 0 Å². The van der Waals surface area contributed by atoms with Gasteiger partial charge in [0, 0.05) is 0 Å². The Hall–Kier alpha value is -1.46. The molecule has 0 heterocycles. The topological polar surface area (TPSA) is 0 Å². The Morgan fingerprint density at radius 2 is 0.518 bits per heavy atom. The predicted octanol–water partition coefficient (Wildman–Crippen LogP) is 15.1. The molecule has 0 bridgehead atoms. The van der Waals surface area contributed by atoms with Crippen LogP contribution in [-0.2, 0) is 20.4 Å². The van der Waals surface area contributed by atoms with Crippen molar-refractivity contribution in [3.8, 4) is 0 Å². The van der Waals surface area contributed by atoms with Gasteiger partial charge in [0.1, 0.15) is 0 Å². The Morgan fingerprint density at radius 3 is 0.625 bits per heavy atom. The third-order valence-corrected chi connectivity index (χ3v) is 23.8. The molecule has 0 radical (unpaired) electrons. The summed E-state index contributed by atoms with van der Waals surface area (Å²) in [4.78, 5) is 0. The van der Waals surface area contributed by atoms with E-state index in [9.17, 15) is 0 Å². The molecule has 290 valence electrons. The van der Waals surface area contributed by atoms with Crippen LogP contribution in [0.4, 0.5) is 0 Å². The molecule has 10 heteroatoms. The summed E-state index contributed by atoms with van der Waals surface area (Å²) < 4.78 is 1.53. The summed E-state index contributed by atoms with van der Waals surface area (Å²) in [5, 5.41) is 6.00. The van der Waals surface area contributed by atoms with Gasteiger partial charge in [-0.3, -0.25) is 0 Å². The average molecular weight is 951 g/mol. The van der Waals surface area contributed by atoms with E-state index in [0.717, 1.165) is 31.8 Å². The second kappa shape index (κ2) is 21.7. The van der Waals surface area contributed by atoms with Crippen LogP contribution in [0.25, 0.3) is 0 Å². The zero-order chi connectivity index (χ0) is 41.0. The van der Waals surface area contributed by atoms with E-state index in [1.807, 2.05) is 182 Å². The summed E-state index contributed by atoms with van der Waals surface area (Å²) in [5.74, 6) is -6.61. The summed E-state index contributed by atoms with van der Waals surface area (Å²) in [6, 6.07) is 58.9. The van der Waals surface area contributed by atoms with Crippen LogP contribution in [0.3, 0.4) is 0 Å². The van der Waals surface area contributed by atoms with Crippen LogP contribution in [0.5, 0.6) is 0 Å². The van der Waals surface area contributed by atoms with Crippen molar-refractivity contribution < 1.29 is 20.4 Å². The maximum atomic E-state index is 6.46. The minimum absolute atomic E-state index is 0.314. The zero-order valence-corrected chi connectivity index (χ0v) is 40.7. The van der Waals surface area contributed by atoms with Crippen LogP contribution in [0.1, 0.15) is 34.6 Å². The molecule has 0 N–H and O–H groups in total. The van der Waals surface area contributed by atoms with Gasteiger partial charge >= 0.3 is 380 Å². The third kappa shape index (κ3) is 12.3. The van der Waals surface area contributed by atoms with Crippen molar-refractivity contribution in [3.05, 3.63) is 203 Å². The molecule has 56 heavy (non-hydrogen) atoms. The number of halogens is 6. The van der Waals surface area contributed by atoms with Gasteiger partial charge in [0.25, 0.3) is 0 Å². The number of hydrogen-bond acceptors (Lipinski definition) is 0. The Labute approximate surface area is 376 Å². The Morgan fingerprint density at radius 1 is 0.339 bits per heavy atom. The van der Waals surface area contributed by atoms with E-state index in [1.54, 1.807) is 0 Å². The van der Waals surface area contributed by atoms with Crippen LogP contribution in [-0.4, -0.2) is 0 Å². The molecule has 6 aromatic rings. The van der Waals surface area contributed by atoms with Crippen molar-refractivity contribution in [2.24, 2.45) is 5.41 Å². The van der Waals surface area contributed by atoms with E-state index >= 15 is 0 Å². The summed E-state index contributed by atoms with van der Waals surface area (Å²) in [5.41, 5.74) is 4.83. The Kier molecular flexibility index (Phi) is 18.3. The van der Waals surface area contributed by atoms with E-state index in [0.29, 0.717) is 5.41 Å². The van der Waals surface area contributed by atoms with Crippen molar-refractivity contribution in [2.75, 3.05) is 0 Å². The van der Waals surface area contributed by atoms with Crippen molar-refractivity contribution in [2.45, 2.75) is 34.6 Å². The molecule has 0 saturated heterocycles. The number of benzene rings is 6. The first-order chi connectivity index (χ1) is 26.5. The Balaban J connectivity index is 0.000000167. The fourth-order valence-electron chi connectivity index (χ4n) is 5.73. The number of rotatable bonds is 6. The molecule has 0 atom stereocenters. The SMILES string of the molecule is CC1=C(C)C(C)(C)[C]([Ti+3])=C1C.Cl[P-](Cl)(c1ccccc1)c1ccccc1.Cl[P-](Cl)(c1ccccc1)c1ccccc1.Cl[P-](Cl)(c1ccccc1)c1ccccc1. The average Bonchev–Trinajstić information content (AvgIpc) is 3.37. The molecule has 7 rings (SSSR count). The van der Waals surface area contributed by atoms with E-state index < -0.39 is 17.9 Å². The first kappa shape index (κ1) is 47.2. The Bertz CT molecular complexity index is 1810. The van der Waals surface area contributed by atoms with Crippen LogP contribution in [0.15, 0.2) is 203 Å². The quantitative estimate of drug-likeness (QED) is 0.115. The van der Waals surface area contributed by atoms with Gasteiger partial charge < -0.3 is 0 Å². The molecule has 0 nitrogen and oxygen atoms in total. The van der Waals surface area contributed by atoms with E-state index in [-0.39, 0.29) is 0 Å². The molecule has 1 aliphatic carbocycles. The van der Waals surface area contributed by atoms with Crippen molar-refractivity contribution in [3.63, 3.8) is 0 Å². The van der Waals surface area contributed by atoms with Gasteiger partial charge in [0.2, 0.25) is 0 Å². The number of allylic oxidation sites excluding steroid dienone is 4. The molecule has 0 saturated carbocycles. The molecule has 0 amide bonds. The molecule has 0 spiro atoms. The molecule has 6 aromatic carbocycles. The maximum absolute atomic E-state index is 6.46. The fourth-order valence-corrected chi connectivity index (χ4v) is 14.5. The van der Waals surface area contributed by atoms with Gasteiger partial charge in [-0.25, -0.2) is 0 Å². The molecule has 0 aromatic heterocycles. The van der Waals surface area contributed by atoms with Crippen molar-refractivity contribution in [1.29, 1.82) is 0 Å². The van der Waals surface area contributed by atoms with Crippen LogP contribution < -0.4 is 31.8 Å². The molecular weight excluding hydrogens is 906 g/mol. The second-order valence-electron chi connectivity index (χ2n) is 13.4. The van der Waals surface area contributed by atoms with E-state index in [4.69, 9.17) is 67.4 Å². The minimum atomic E-state index is -2.20. The van der Waals surface area contributed by atoms with Crippen LogP contribution in [0, 0.1) is 5.41 Å². The molecular formula is C46H45Cl6P3Ti. The molecule has 1 aliphatic rings. The third-order valence-electron chi connectivity index (χ3n) is 9.55. The second-order valence-corrected chi connectivity index (χ2v) is 31.1. The van der Waals surface area contributed by atoms with Crippen LogP contribution in [0.2, 0.25) is 0 Å². The summed E-state index contributed by atoms with van der Waals surface area (Å²) in [6.45, 7) is 11.3. The fraction of sp³-hybridized carbons (Fsp3) is 0.130. The predicted molar refractivity (Wildman–Crippen MR) is 257 cm³/mol. The molecule has 0 fully saturated rings. The normalized spacial score (nSPS) is 14.6. The van der Waals surface area contributed by atoms with Gasteiger partial charge in [-0.05, 0) is 0 Å². The first-order valence-electron chi connectivity index (χ1n) is 17.8.